The Bertz CT molecular complexity index is 974. The average molecular weight is 358 g/mol. The summed E-state index contributed by atoms with van der Waals surface area (Å²) in [6.45, 7) is 3.09. The van der Waals surface area contributed by atoms with Crippen LogP contribution in [0.4, 0.5) is 0 Å². The van der Waals surface area contributed by atoms with Crippen LogP contribution in [-0.2, 0) is 6.61 Å². The molecule has 3 aromatic rings. The molecule has 1 heterocycles. The highest BCUT2D eigenvalue weighted by molar-refractivity contribution is 5.87. The molecule has 1 aliphatic rings. The molecule has 3 heteroatoms. The van der Waals surface area contributed by atoms with Crippen molar-refractivity contribution in [3.05, 3.63) is 89.0 Å². The summed E-state index contributed by atoms with van der Waals surface area (Å²) in [5.41, 5.74) is 5.53. The van der Waals surface area contributed by atoms with E-state index in [0.29, 0.717) is 13.2 Å². The highest BCUT2D eigenvalue weighted by atomic mass is 16.5. The van der Waals surface area contributed by atoms with Crippen molar-refractivity contribution >= 4 is 11.6 Å². The van der Waals surface area contributed by atoms with Gasteiger partial charge >= 0.3 is 0 Å². The first-order chi connectivity index (χ1) is 13.2. The van der Waals surface area contributed by atoms with Crippen molar-refractivity contribution in [2.45, 2.75) is 13.5 Å². The lowest BCUT2D eigenvalue weighted by Crippen LogP contribution is -2.08. The summed E-state index contributed by atoms with van der Waals surface area (Å²) in [6.07, 6.45) is 2.18. The van der Waals surface area contributed by atoms with E-state index in [1.807, 2.05) is 36.4 Å². The monoisotopic (exact) mass is 358 g/mol. The molecule has 3 aromatic carbocycles. The number of methoxy groups -OCH3 is 1. The number of aryl methyl sites for hydroxylation is 1. The Morgan fingerprint density at radius 1 is 0.963 bits per heavy atom. The average Bonchev–Trinajstić information content (AvgIpc) is 2.72. The van der Waals surface area contributed by atoms with Crippen LogP contribution in [0.25, 0.3) is 11.6 Å². The van der Waals surface area contributed by atoms with E-state index in [9.17, 15) is 0 Å². The van der Waals surface area contributed by atoms with Crippen LogP contribution in [0.15, 0.2) is 66.7 Å². The van der Waals surface area contributed by atoms with E-state index in [-0.39, 0.29) is 0 Å². The summed E-state index contributed by atoms with van der Waals surface area (Å²) < 4.78 is 17.5. The minimum absolute atomic E-state index is 0.505. The predicted molar refractivity (Wildman–Crippen MR) is 108 cm³/mol. The molecule has 3 nitrogen and oxygen atoms in total. The lowest BCUT2D eigenvalue weighted by Gasteiger charge is -2.21. The molecule has 0 fully saturated rings. The molecule has 1 aliphatic heterocycles. The third kappa shape index (κ3) is 3.82. The van der Waals surface area contributed by atoms with E-state index in [2.05, 4.69) is 43.3 Å². The van der Waals surface area contributed by atoms with Crippen molar-refractivity contribution in [3.63, 3.8) is 0 Å². The zero-order valence-corrected chi connectivity index (χ0v) is 15.6. The molecule has 0 aliphatic carbocycles. The quantitative estimate of drug-likeness (QED) is 0.601. The van der Waals surface area contributed by atoms with Crippen molar-refractivity contribution in [2.75, 3.05) is 13.7 Å². The summed E-state index contributed by atoms with van der Waals surface area (Å²) in [4.78, 5) is 0. The standard InChI is InChI=1S/C24H22O3/c1-17-8-9-19-13-20(16-27-23(19)12-17)22-11-10-21(25-2)14-24(22)26-15-18-6-4-3-5-7-18/h3-14H,15-16H2,1-2H3. The first-order valence-electron chi connectivity index (χ1n) is 9.02. The molecule has 0 bridgehead atoms. The van der Waals surface area contributed by atoms with Crippen molar-refractivity contribution in [2.24, 2.45) is 0 Å². The zero-order valence-electron chi connectivity index (χ0n) is 15.6. The first kappa shape index (κ1) is 17.2. The topological polar surface area (TPSA) is 27.7 Å². The van der Waals surface area contributed by atoms with Gasteiger partial charge in [-0.15, -0.1) is 0 Å². The Morgan fingerprint density at radius 2 is 1.81 bits per heavy atom. The maximum absolute atomic E-state index is 6.15. The second kappa shape index (κ2) is 7.58. The summed E-state index contributed by atoms with van der Waals surface area (Å²) in [6, 6.07) is 22.3. The summed E-state index contributed by atoms with van der Waals surface area (Å²) in [5.74, 6) is 2.50. The SMILES string of the molecule is COc1ccc(C2=Cc3ccc(C)cc3OC2)c(OCc2ccccc2)c1. The minimum Gasteiger partial charge on any atom is -0.497 e. The van der Waals surface area contributed by atoms with Gasteiger partial charge in [-0.1, -0.05) is 42.5 Å². The van der Waals surface area contributed by atoms with Gasteiger partial charge in [-0.3, -0.25) is 0 Å². The lowest BCUT2D eigenvalue weighted by atomic mass is 9.99. The minimum atomic E-state index is 0.505. The van der Waals surface area contributed by atoms with Gasteiger partial charge < -0.3 is 14.2 Å². The van der Waals surface area contributed by atoms with Gasteiger partial charge in [0, 0.05) is 22.8 Å². The summed E-state index contributed by atoms with van der Waals surface area (Å²) >= 11 is 0. The first-order valence-corrected chi connectivity index (χ1v) is 9.02. The van der Waals surface area contributed by atoms with Gasteiger partial charge in [-0.2, -0.15) is 0 Å². The van der Waals surface area contributed by atoms with Crippen LogP contribution < -0.4 is 14.2 Å². The lowest BCUT2D eigenvalue weighted by molar-refractivity contribution is 0.301. The highest BCUT2D eigenvalue weighted by Gasteiger charge is 2.17. The van der Waals surface area contributed by atoms with Gasteiger partial charge in [0.1, 0.15) is 30.5 Å². The number of fused-ring (bicyclic) bond motifs is 1. The molecule has 27 heavy (non-hydrogen) atoms. The Labute approximate surface area is 159 Å². The molecule has 136 valence electrons. The molecule has 0 unspecified atom stereocenters. The van der Waals surface area contributed by atoms with E-state index in [0.717, 1.165) is 39.5 Å². The van der Waals surface area contributed by atoms with Crippen LogP contribution in [0.3, 0.4) is 0 Å². The van der Waals surface area contributed by atoms with Crippen LogP contribution in [0.5, 0.6) is 17.2 Å². The van der Waals surface area contributed by atoms with Crippen LogP contribution in [0.1, 0.15) is 22.3 Å². The molecule has 0 radical (unpaired) electrons. The second-order valence-corrected chi connectivity index (χ2v) is 6.64. The highest BCUT2D eigenvalue weighted by Crippen LogP contribution is 2.36. The van der Waals surface area contributed by atoms with E-state index in [4.69, 9.17) is 14.2 Å². The van der Waals surface area contributed by atoms with Gasteiger partial charge in [-0.25, -0.2) is 0 Å². The molecular formula is C24H22O3. The van der Waals surface area contributed by atoms with Gasteiger partial charge in [-0.05, 0) is 42.3 Å². The molecule has 0 saturated carbocycles. The second-order valence-electron chi connectivity index (χ2n) is 6.64. The van der Waals surface area contributed by atoms with Crippen molar-refractivity contribution in [3.8, 4) is 17.2 Å². The number of benzene rings is 3. The fourth-order valence-electron chi connectivity index (χ4n) is 3.18. The van der Waals surface area contributed by atoms with Crippen LogP contribution in [-0.4, -0.2) is 13.7 Å². The van der Waals surface area contributed by atoms with Crippen molar-refractivity contribution in [1.82, 2.24) is 0 Å². The van der Waals surface area contributed by atoms with E-state index < -0.39 is 0 Å². The number of ether oxygens (including phenoxy) is 3. The Hall–Kier alpha value is -3.20. The molecule has 0 saturated heterocycles. The fraction of sp³-hybridized carbons (Fsp3) is 0.167. The molecule has 0 atom stereocenters. The third-order valence-corrected chi connectivity index (χ3v) is 4.65. The zero-order chi connectivity index (χ0) is 18.6. The molecular weight excluding hydrogens is 336 g/mol. The van der Waals surface area contributed by atoms with Crippen molar-refractivity contribution < 1.29 is 14.2 Å². The van der Waals surface area contributed by atoms with Gasteiger partial charge in [0.2, 0.25) is 0 Å². The third-order valence-electron chi connectivity index (χ3n) is 4.65. The van der Waals surface area contributed by atoms with E-state index >= 15 is 0 Å². The molecule has 4 rings (SSSR count). The van der Waals surface area contributed by atoms with Gasteiger partial charge in [0.05, 0.1) is 7.11 Å². The molecule has 0 N–H and O–H groups in total. The number of hydrogen-bond acceptors (Lipinski definition) is 3. The smallest absolute Gasteiger partial charge is 0.131 e. The Morgan fingerprint density at radius 3 is 2.63 bits per heavy atom. The van der Waals surface area contributed by atoms with Gasteiger partial charge in [0.15, 0.2) is 0 Å². The molecule has 0 amide bonds. The normalized spacial score (nSPS) is 12.6. The molecule has 0 spiro atoms. The maximum Gasteiger partial charge on any atom is 0.131 e. The largest absolute Gasteiger partial charge is 0.497 e. The van der Waals surface area contributed by atoms with Crippen LogP contribution in [0, 0.1) is 6.92 Å². The summed E-state index contributed by atoms with van der Waals surface area (Å²) in [7, 11) is 1.66. The van der Waals surface area contributed by atoms with E-state index in [1.165, 1.54) is 5.56 Å². The van der Waals surface area contributed by atoms with Crippen LogP contribution >= 0.6 is 0 Å². The predicted octanol–water partition coefficient (Wildman–Crippen LogP) is 5.52. The fourth-order valence-corrected chi connectivity index (χ4v) is 3.18. The summed E-state index contributed by atoms with van der Waals surface area (Å²) in [5, 5.41) is 0. The number of hydrogen-bond donors (Lipinski definition) is 0. The maximum atomic E-state index is 6.15. The van der Waals surface area contributed by atoms with Gasteiger partial charge in [0.25, 0.3) is 0 Å². The van der Waals surface area contributed by atoms with Crippen LogP contribution in [0.2, 0.25) is 0 Å². The van der Waals surface area contributed by atoms with E-state index in [1.54, 1.807) is 7.11 Å². The Balaban J connectivity index is 1.67. The number of rotatable bonds is 5. The van der Waals surface area contributed by atoms with Crippen molar-refractivity contribution in [1.29, 1.82) is 0 Å². The Kier molecular flexibility index (Phi) is 4.84. The molecule has 0 aromatic heterocycles.